The summed E-state index contributed by atoms with van der Waals surface area (Å²) in [6, 6.07) is 10.9. The summed E-state index contributed by atoms with van der Waals surface area (Å²) in [5.41, 5.74) is 2.28. The van der Waals surface area contributed by atoms with Gasteiger partial charge in [-0.05, 0) is 55.1 Å². The maximum Gasteiger partial charge on any atom is 0.416 e. The summed E-state index contributed by atoms with van der Waals surface area (Å²) >= 11 is 1.45. The van der Waals surface area contributed by atoms with Crippen molar-refractivity contribution >= 4 is 17.4 Å². The summed E-state index contributed by atoms with van der Waals surface area (Å²) in [6.07, 6.45) is 3.34. The average molecular weight is 449 g/mol. The van der Waals surface area contributed by atoms with Crippen molar-refractivity contribution in [2.45, 2.75) is 73.9 Å². The third-order valence-electron chi connectivity index (χ3n) is 6.37. The molecule has 31 heavy (non-hydrogen) atoms. The summed E-state index contributed by atoms with van der Waals surface area (Å²) in [5.74, 6) is 0. The molecule has 0 spiro atoms. The van der Waals surface area contributed by atoms with Crippen molar-refractivity contribution in [3.05, 3.63) is 53.1 Å². The first-order valence-corrected chi connectivity index (χ1v) is 12.2. The van der Waals surface area contributed by atoms with Crippen molar-refractivity contribution in [3.8, 4) is 0 Å². The van der Waals surface area contributed by atoms with Gasteiger partial charge in [-0.15, -0.1) is 0 Å². The monoisotopic (exact) mass is 448 g/mol. The molecule has 6 heteroatoms. The van der Waals surface area contributed by atoms with E-state index in [9.17, 15) is 13.2 Å². The molecule has 0 amide bonds. The molecule has 0 bridgehead atoms. The van der Waals surface area contributed by atoms with Gasteiger partial charge in [0.05, 0.1) is 5.56 Å². The van der Waals surface area contributed by atoms with E-state index < -0.39 is 11.7 Å². The van der Waals surface area contributed by atoms with Gasteiger partial charge >= 0.3 is 6.18 Å². The summed E-state index contributed by atoms with van der Waals surface area (Å²) in [6.45, 7) is 5.39. The van der Waals surface area contributed by atoms with Crippen LogP contribution in [0, 0.1) is 0 Å². The smallest absolute Gasteiger partial charge is 0.382 e. The van der Waals surface area contributed by atoms with E-state index >= 15 is 0 Å². The van der Waals surface area contributed by atoms with Crippen LogP contribution in [-0.2, 0) is 12.6 Å². The first-order valence-electron chi connectivity index (χ1n) is 11.4. The molecule has 0 radical (unpaired) electrons. The second-order valence-electron chi connectivity index (χ2n) is 8.71. The van der Waals surface area contributed by atoms with Gasteiger partial charge in [0.25, 0.3) is 0 Å². The topological polar surface area (TPSA) is 15.3 Å². The molecule has 2 nitrogen and oxygen atoms in total. The molecule has 168 valence electrons. The number of rotatable bonds is 7. The highest BCUT2D eigenvalue weighted by Crippen LogP contribution is 2.45. The standard InChI is InChI=1S/C25H31F3N2S/c1-2-3-4-7-12-30-13-10-20(11-14-30)29-22-16-19(25(26,27)28)17-24-21(22)15-18-8-5-6-9-23(18)31-24/h5-6,8-9,16-17,20,29H,2-4,7,10-15H2,1H3. The van der Waals surface area contributed by atoms with E-state index in [1.165, 1.54) is 55.1 Å². The van der Waals surface area contributed by atoms with Gasteiger partial charge in [-0.25, -0.2) is 0 Å². The molecule has 1 fully saturated rings. The van der Waals surface area contributed by atoms with E-state index in [0.717, 1.165) is 47.8 Å². The minimum absolute atomic E-state index is 0.224. The maximum absolute atomic E-state index is 13.6. The average Bonchev–Trinajstić information content (AvgIpc) is 2.76. The number of fused-ring (bicyclic) bond motifs is 2. The normalized spacial score (nSPS) is 17.3. The molecule has 2 aliphatic heterocycles. The van der Waals surface area contributed by atoms with E-state index in [2.05, 4.69) is 23.2 Å². The van der Waals surface area contributed by atoms with Gasteiger partial charge in [-0.1, -0.05) is 56.1 Å². The highest BCUT2D eigenvalue weighted by Gasteiger charge is 2.34. The Balaban J connectivity index is 1.47. The molecule has 0 atom stereocenters. The molecular weight excluding hydrogens is 417 g/mol. The van der Waals surface area contributed by atoms with Gasteiger partial charge in [-0.2, -0.15) is 13.2 Å². The van der Waals surface area contributed by atoms with Crippen LogP contribution in [-0.4, -0.2) is 30.6 Å². The fraction of sp³-hybridized carbons (Fsp3) is 0.520. The highest BCUT2D eigenvalue weighted by atomic mass is 32.2. The van der Waals surface area contributed by atoms with Gasteiger partial charge in [0.1, 0.15) is 0 Å². The predicted octanol–water partition coefficient (Wildman–Crippen LogP) is 7.22. The first kappa shape index (κ1) is 22.5. The Kier molecular flexibility index (Phi) is 7.17. The number of anilines is 1. The Bertz CT molecular complexity index is 889. The van der Waals surface area contributed by atoms with Crippen molar-refractivity contribution in [1.82, 2.24) is 4.90 Å². The van der Waals surface area contributed by atoms with Gasteiger partial charge in [0.2, 0.25) is 0 Å². The SMILES string of the molecule is CCCCCCN1CCC(Nc2cc(C(F)(F)F)cc3c2Cc2ccccc2S3)CC1. The predicted molar refractivity (Wildman–Crippen MR) is 122 cm³/mol. The minimum Gasteiger partial charge on any atom is -0.382 e. The minimum atomic E-state index is -4.34. The molecule has 0 unspecified atom stereocenters. The lowest BCUT2D eigenvalue weighted by atomic mass is 9.98. The molecule has 0 aliphatic carbocycles. The third kappa shape index (κ3) is 5.58. The zero-order valence-corrected chi connectivity index (χ0v) is 18.9. The molecule has 4 rings (SSSR count). The lowest BCUT2D eigenvalue weighted by Crippen LogP contribution is -2.39. The molecule has 2 aromatic carbocycles. The summed E-state index contributed by atoms with van der Waals surface area (Å²) in [7, 11) is 0. The maximum atomic E-state index is 13.6. The second kappa shape index (κ2) is 9.86. The Hall–Kier alpha value is -1.66. The van der Waals surface area contributed by atoms with Crippen LogP contribution in [0.5, 0.6) is 0 Å². The summed E-state index contributed by atoms with van der Waals surface area (Å²) in [5, 5.41) is 3.51. The molecule has 2 aromatic rings. The number of benzene rings is 2. The zero-order valence-electron chi connectivity index (χ0n) is 18.1. The van der Waals surface area contributed by atoms with Crippen LogP contribution in [0.15, 0.2) is 46.2 Å². The van der Waals surface area contributed by atoms with Crippen LogP contribution in [0.25, 0.3) is 0 Å². The third-order valence-corrected chi connectivity index (χ3v) is 7.57. The number of hydrogen-bond acceptors (Lipinski definition) is 3. The number of nitrogens with one attached hydrogen (secondary N) is 1. The fourth-order valence-electron chi connectivity index (χ4n) is 4.55. The van der Waals surface area contributed by atoms with E-state index in [0.29, 0.717) is 12.1 Å². The second-order valence-corrected chi connectivity index (χ2v) is 9.79. The Morgan fingerprint density at radius 1 is 1.03 bits per heavy atom. The number of nitrogens with zero attached hydrogens (tertiary/aromatic N) is 1. The van der Waals surface area contributed by atoms with Crippen molar-refractivity contribution in [3.63, 3.8) is 0 Å². The lowest BCUT2D eigenvalue weighted by molar-refractivity contribution is -0.137. The van der Waals surface area contributed by atoms with Crippen molar-refractivity contribution < 1.29 is 13.2 Å². The van der Waals surface area contributed by atoms with Crippen LogP contribution in [0.1, 0.15) is 62.1 Å². The van der Waals surface area contributed by atoms with Crippen LogP contribution in [0.3, 0.4) is 0 Å². The van der Waals surface area contributed by atoms with Gasteiger partial charge < -0.3 is 10.2 Å². The molecular formula is C25H31F3N2S. The highest BCUT2D eigenvalue weighted by molar-refractivity contribution is 7.99. The van der Waals surface area contributed by atoms with E-state index in [1.807, 2.05) is 18.2 Å². The number of alkyl halides is 3. The Labute approximate surface area is 187 Å². The molecule has 0 saturated carbocycles. The Morgan fingerprint density at radius 2 is 1.81 bits per heavy atom. The quantitative estimate of drug-likeness (QED) is 0.384. The fourth-order valence-corrected chi connectivity index (χ4v) is 5.70. The van der Waals surface area contributed by atoms with E-state index in [-0.39, 0.29) is 6.04 Å². The van der Waals surface area contributed by atoms with Crippen LogP contribution < -0.4 is 5.32 Å². The number of halogens is 3. The van der Waals surface area contributed by atoms with E-state index in [1.54, 1.807) is 0 Å². The van der Waals surface area contributed by atoms with Crippen LogP contribution in [0.2, 0.25) is 0 Å². The molecule has 1 N–H and O–H groups in total. The van der Waals surface area contributed by atoms with Crippen molar-refractivity contribution in [2.24, 2.45) is 0 Å². The number of likely N-dealkylation sites (tertiary alicyclic amines) is 1. The molecule has 1 saturated heterocycles. The molecule has 0 aromatic heterocycles. The largest absolute Gasteiger partial charge is 0.416 e. The molecule has 2 aliphatic rings. The summed E-state index contributed by atoms with van der Waals surface area (Å²) < 4.78 is 40.8. The van der Waals surface area contributed by atoms with Crippen LogP contribution >= 0.6 is 11.8 Å². The summed E-state index contributed by atoms with van der Waals surface area (Å²) in [4.78, 5) is 4.28. The van der Waals surface area contributed by atoms with Gasteiger partial charge in [0, 0.05) is 41.0 Å². The number of piperidine rings is 1. The van der Waals surface area contributed by atoms with Crippen molar-refractivity contribution in [1.29, 1.82) is 0 Å². The van der Waals surface area contributed by atoms with Gasteiger partial charge in [-0.3, -0.25) is 0 Å². The zero-order chi connectivity index (χ0) is 21.8. The van der Waals surface area contributed by atoms with Gasteiger partial charge in [0.15, 0.2) is 0 Å². The number of hydrogen-bond donors (Lipinski definition) is 1. The van der Waals surface area contributed by atoms with E-state index in [4.69, 9.17) is 0 Å². The first-order chi connectivity index (χ1) is 14.9. The number of unbranched alkanes of at least 4 members (excludes halogenated alkanes) is 3. The van der Waals surface area contributed by atoms with Crippen molar-refractivity contribution in [2.75, 3.05) is 25.0 Å². The molecule has 2 heterocycles. The van der Waals surface area contributed by atoms with Crippen LogP contribution in [0.4, 0.5) is 18.9 Å². The Morgan fingerprint density at radius 3 is 2.55 bits per heavy atom. The lowest BCUT2D eigenvalue weighted by Gasteiger charge is -2.34.